The van der Waals surface area contributed by atoms with Crippen LogP contribution in [0.4, 0.5) is 0 Å². The minimum absolute atomic E-state index is 0.0627. The Morgan fingerprint density at radius 1 is 0.889 bits per heavy atom. The summed E-state index contributed by atoms with van der Waals surface area (Å²) in [7, 11) is 0. The van der Waals surface area contributed by atoms with Gasteiger partial charge in [0.05, 0.1) is 13.2 Å². The van der Waals surface area contributed by atoms with Gasteiger partial charge in [-0.3, -0.25) is 0 Å². The highest BCUT2D eigenvalue weighted by Gasteiger charge is 2.24. The third-order valence-electron chi connectivity index (χ3n) is 3.75. The van der Waals surface area contributed by atoms with Crippen LogP contribution in [0.25, 0.3) is 0 Å². The minimum Gasteiger partial charge on any atom is -0.352 e. The maximum atomic E-state index is 5.74. The summed E-state index contributed by atoms with van der Waals surface area (Å²) in [5.74, 6) is 0.611. The molecule has 1 heterocycles. The molecule has 0 saturated carbocycles. The summed E-state index contributed by atoms with van der Waals surface area (Å²) < 4.78 is 11.5. The fourth-order valence-electron chi connectivity index (χ4n) is 2.59. The monoisotopic (exact) mass is 255 g/mol. The topological polar surface area (TPSA) is 18.5 Å². The molecule has 1 radical (unpaired) electrons. The first-order valence-electron chi connectivity index (χ1n) is 7.93. The first kappa shape index (κ1) is 16.0. The van der Waals surface area contributed by atoms with Crippen LogP contribution < -0.4 is 0 Å². The Morgan fingerprint density at radius 2 is 1.50 bits per heavy atom. The van der Waals surface area contributed by atoms with Gasteiger partial charge in [0.15, 0.2) is 6.29 Å². The molecule has 1 saturated heterocycles. The first-order chi connectivity index (χ1) is 8.88. The van der Waals surface area contributed by atoms with Crippen LogP contribution in [0.5, 0.6) is 0 Å². The molecule has 0 aliphatic carbocycles. The van der Waals surface area contributed by atoms with Gasteiger partial charge in [-0.25, -0.2) is 0 Å². The molecule has 1 unspecified atom stereocenters. The zero-order chi connectivity index (χ0) is 13.1. The molecule has 0 aromatic heterocycles. The normalized spacial score (nSPS) is 19.0. The SMILES string of the molecule is CCCCCCCC(CCCC)C1OC[CH]CO1. The summed E-state index contributed by atoms with van der Waals surface area (Å²) in [4.78, 5) is 0. The molecule has 107 valence electrons. The quantitative estimate of drug-likeness (QED) is 0.525. The summed E-state index contributed by atoms with van der Waals surface area (Å²) in [6.07, 6.45) is 14.0. The molecule has 2 heteroatoms. The second kappa shape index (κ2) is 10.8. The smallest absolute Gasteiger partial charge is 0.160 e. The van der Waals surface area contributed by atoms with Gasteiger partial charge in [0.1, 0.15) is 0 Å². The number of hydrogen-bond acceptors (Lipinski definition) is 2. The molecular weight excluding hydrogens is 224 g/mol. The number of rotatable bonds is 10. The molecule has 0 N–H and O–H groups in total. The van der Waals surface area contributed by atoms with Gasteiger partial charge in [0.25, 0.3) is 0 Å². The van der Waals surface area contributed by atoms with Crippen molar-refractivity contribution in [3.8, 4) is 0 Å². The minimum atomic E-state index is 0.0627. The van der Waals surface area contributed by atoms with Crippen molar-refractivity contribution in [2.45, 2.75) is 77.9 Å². The molecule has 1 rings (SSSR count). The van der Waals surface area contributed by atoms with Crippen molar-refractivity contribution in [2.75, 3.05) is 13.2 Å². The highest BCUT2D eigenvalue weighted by atomic mass is 16.7. The van der Waals surface area contributed by atoms with E-state index >= 15 is 0 Å². The van der Waals surface area contributed by atoms with E-state index in [1.807, 2.05) is 0 Å². The second-order valence-corrected chi connectivity index (χ2v) is 5.43. The van der Waals surface area contributed by atoms with Crippen LogP contribution in [0.15, 0.2) is 0 Å². The van der Waals surface area contributed by atoms with Crippen molar-refractivity contribution in [2.24, 2.45) is 5.92 Å². The van der Waals surface area contributed by atoms with Crippen molar-refractivity contribution in [3.05, 3.63) is 6.42 Å². The highest BCUT2D eigenvalue weighted by Crippen LogP contribution is 2.25. The molecule has 1 atom stereocenters. The molecule has 0 amide bonds. The van der Waals surface area contributed by atoms with Crippen LogP contribution in [0.1, 0.15) is 71.6 Å². The van der Waals surface area contributed by atoms with Crippen LogP contribution in [-0.4, -0.2) is 19.5 Å². The highest BCUT2D eigenvalue weighted by molar-refractivity contribution is 4.72. The molecule has 1 aliphatic heterocycles. The molecule has 18 heavy (non-hydrogen) atoms. The fraction of sp³-hybridized carbons (Fsp3) is 0.938. The molecule has 0 bridgehead atoms. The lowest BCUT2D eigenvalue weighted by Gasteiger charge is -2.30. The number of unbranched alkanes of at least 4 members (excludes halogenated alkanes) is 5. The Hall–Kier alpha value is -0.0800. The molecule has 2 nitrogen and oxygen atoms in total. The fourth-order valence-corrected chi connectivity index (χ4v) is 2.59. The Kier molecular flexibility index (Phi) is 9.59. The molecule has 0 aromatic rings. The van der Waals surface area contributed by atoms with Crippen molar-refractivity contribution in [1.29, 1.82) is 0 Å². The lowest BCUT2D eigenvalue weighted by Crippen LogP contribution is -2.32. The van der Waals surface area contributed by atoms with E-state index in [0.717, 1.165) is 13.2 Å². The van der Waals surface area contributed by atoms with E-state index in [0.29, 0.717) is 5.92 Å². The van der Waals surface area contributed by atoms with Gasteiger partial charge < -0.3 is 9.47 Å². The average molecular weight is 255 g/mol. The third kappa shape index (κ3) is 6.75. The Morgan fingerprint density at radius 3 is 2.17 bits per heavy atom. The van der Waals surface area contributed by atoms with Crippen molar-refractivity contribution in [1.82, 2.24) is 0 Å². The molecule has 0 spiro atoms. The second-order valence-electron chi connectivity index (χ2n) is 5.43. The van der Waals surface area contributed by atoms with Gasteiger partial charge in [-0.2, -0.15) is 0 Å². The maximum absolute atomic E-state index is 5.74. The Bertz CT molecular complexity index is 176. The molecule has 0 aromatic carbocycles. The lowest BCUT2D eigenvalue weighted by atomic mass is 9.94. The third-order valence-corrected chi connectivity index (χ3v) is 3.75. The molecule has 1 fully saturated rings. The molecule has 1 aliphatic rings. The van der Waals surface area contributed by atoms with Crippen LogP contribution in [0.3, 0.4) is 0 Å². The summed E-state index contributed by atoms with van der Waals surface area (Å²) in [5, 5.41) is 0. The van der Waals surface area contributed by atoms with E-state index in [2.05, 4.69) is 20.3 Å². The Labute approximate surface area is 113 Å². The summed E-state index contributed by atoms with van der Waals surface area (Å²) in [5.41, 5.74) is 0. The van der Waals surface area contributed by atoms with Crippen LogP contribution in [0, 0.1) is 12.3 Å². The molecular formula is C16H31O2. The van der Waals surface area contributed by atoms with E-state index in [4.69, 9.17) is 9.47 Å². The van der Waals surface area contributed by atoms with Gasteiger partial charge in [0.2, 0.25) is 0 Å². The largest absolute Gasteiger partial charge is 0.352 e. The van der Waals surface area contributed by atoms with Gasteiger partial charge in [0, 0.05) is 12.3 Å². The predicted molar refractivity (Wildman–Crippen MR) is 76.4 cm³/mol. The average Bonchev–Trinajstić information content (AvgIpc) is 2.43. The van der Waals surface area contributed by atoms with E-state index in [1.165, 1.54) is 57.8 Å². The number of hydrogen-bond donors (Lipinski definition) is 0. The van der Waals surface area contributed by atoms with Crippen molar-refractivity contribution >= 4 is 0 Å². The van der Waals surface area contributed by atoms with Crippen molar-refractivity contribution < 1.29 is 9.47 Å². The van der Waals surface area contributed by atoms with E-state index < -0.39 is 0 Å². The van der Waals surface area contributed by atoms with E-state index in [-0.39, 0.29) is 6.29 Å². The summed E-state index contributed by atoms with van der Waals surface area (Å²) >= 11 is 0. The van der Waals surface area contributed by atoms with Gasteiger partial charge in [-0.05, 0) is 12.8 Å². The summed E-state index contributed by atoms with van der Waals surface area (Å²) in [6.45, 7) is 6.06. The van der Waals surface area contributed by atoms with E-state index in [1.54, 1.807) is 0 Å². The predicted octanol–water partition coefficient (Wildman–Crippen LogP) is 4.73. The van der Waals surface area contributed by atoms with Gasteiger partial charge in [-0.1, -0.05) is 58.8 Å². The zero-order valence-electron chi connectivity index (χ0n) is 12.3. The van der Waals surface area contributed by atoms with E-state index in [9.17, 15) is 0 Å². The van der Waals surface area contributed by atoms with Crippen LogP contribution in [-0.2, 0) is 9.47 Å². The van der Waals surface area contributed by atoms with Gasteiger partial charge in [-0.15, -0.1) is 0 Å². The van der Waals surface area contributed by atoms with Gasteiger partial charge >= 0.3 is 0 Å². The maximum Gasteiger partial charge on any atom is 0.160 e. The van der Waals surface area contributed by atoms with Crippen molar-refractivity contribution in [3.63, 3.8) is 0 Å². The lowest BCUT2D eigenvalue weighted by molar-refractivity contribution is -0.190. The van der Waals surface area contributed by atoms with Crippen LogP contribution in [0.2, 0.25) is 0 Å². The number of ether oxygens (including phenoxy) is 2. The zero-order valence-corrected chi connectivity index (χ0v) is 12.3. The standard InChI is InChI=1S/C16H31O2/c1-3-5-7-8-9-12-15(11-6-4-2)16-17-13-10-14-18-16/h10,15-16H,3-9,11-14H2,1-2H3. The first-order valence-corrected chi connectivity index (χ1v) is 7.93. The Balaban J connectivity index is 2.21. The summed E-state index contributed by atoms with van der Waals surface area (Å²) in [6, 6.07) is 0. The van der Waals surface area contributed by atoms with Crippen LogP contribution >= 0.6 is 0 Å².